The van der Waals surface area contributed by atoms with Gasteiger partial charge in [0.1, 0.15) is 0 Å². The van der Waals surface area contributed by atoms with Crippen LogP contribution >= 0.6 is 0 Å². The van der Waals surface area contributed by atoms with Gasteiger partial charge in [-0.15, -0.1) is 0 Å². The molecule has 2 aliphatic rings. The van der Waals surface area contributed by atoms with E-state index < -0.39 is 46.7 Å². The van der Waals surface area contributed by atoms with Gasteiger partial charge < -0.3 is 14.8 Å². The van der Waals surface area contributed by atoms with Gasteiger partial charge in [0.05, 0.1) is 28.7 Å². The zero-order valence-corrected chi connectivity index (χ0v) is 13.1. The number of aliphatic hydroxyl groups is 1. The van der Waals surface area contributed by atoms with Crippen LogP contribution in [0.15, 0.2) is 24.3 Å². The van der Waals surface area contributed by atoms with Crippen LogP contribution in [0.2, 0.25) is 0 Å². The number of nitro benzene ring substituents is 1. The van der Waals surface area contributed by atoms with Gasteiger partial charge in [0.25, 0.3) is 5.69 Å². The summed E-state index contributed by atoms with van der Waals surface area (Å²) in [6.45, 7) is 1.46. The topological polar surface area (TPSA) is 139 Å². The molecule has 0 unspecified atom stereocenters. The van der Waals surface area contributed by atoms with Gasteiger partial charge in [-0.05, 0) is 19.1 Å². The quantitative estimate of drug-likeness (QED) is 0.328. The number of nitro groups is 1. The fourth-order valence-corrected chi connectivity index (χ4v) is 3.20. The van der Waals surface area contributed by atoms with E-state index in [-0.39, 0.29) is 17.8 Å². The SMILES string of the molecule is C[C@@H](O)[C@H]1C(=O)N2[C@H](C(=O)ONc3ccc([N+](=O)[O-])cc3)C(=O)C[C@H]12. The van der Waals surface area contributed by atoms with Crippen molar-refractivity contribution in [2.45, 2.75) is 31.5 Å². The number of carbonyl (C=O) groups excluding carboxylic acids is 3. The van der Waals surface area contributed by atoms with Crippen molar-refractivity contribution >= 4 is 29.0 Å². The van der Waals surface area contributed by atoms with E-state index in [0.29, 0.717) is 0 Å². The molecule has 2 N–H and O–H groups in total. The maximum absolute atomic E-state index is 12.1. The van der Waals surface area contributed by atoms with Crippen LogP contribution in [-0.4, -0.2) is 50.8 Å². The predicted molar refractivity (Wildman–Crippen MR) is 82.0 cm³/mol. The van der Waals surface area contributed by atoms with Crippen LogP contribution < -0.4 is 5.48 Å². The highest BCUT2D eigenvalue weighted by Gasteiger charge is 2.61. The second kappa shape index (κ2) is 6.13. The lowest BCUT2D eigenvalue weighted by atomic mass is 9.84. The average molecular weight is 349 g/mol. The second-order valence-corrected chi connectivity index (χ2v) is 5.98. The van der Waals surface area contributed by atoms with Gasteiger partial charge >= 0.3 is 5.97 Å². The van der Waals surface area contributed by atoms with E-state index in [9.17, 15) is 29.6 Å². The lowest BCUT2D eigenvalue weighted by Crippen LogP contribution is -2.65. The third-order valence-corrected chi connectivity index (χ3v) is 4.40. The predicted octanol–water partition coefficient (Wildman–Crippen LogP) is 0.0141. The molecule has 0 bridgehead atoms. The highest BCUT2D eigenvalue weighted by Crippen LogP contribution is 2.39. The average Bonchev–Trinajstić information content (AvgIpc) is 2.85. The Morgan fingerprint density at radius 1 is 1.40 bits per heavy atom. The smallest absolute Gasteiger partial charge is 0.362 e. The number of hydrogen-bond donors (Lipinski definition) is 2. The van der Waals surface area contributed by atoms with E-state index in [1.54, 1.807) is 0 Å². The first kappa shape index (κ1) is 16.8. The first-order valence-corrected chi connectivity index (χ1v) is 7.55. The fourth-order valence-electron chi connectivity index (χ4n) is 3.20. The minimum atomic E-state index is -1.34. The molecular weight excluding hydrogens is 334 g/mol. The molecule has 10 heteroatoms. The van der Waals surface area contributed by atoms with Crippen LogP contribution in [0.5, 0.6) is 0 Å². The zero-order chi connectivity index (χ0) is 18.3. The minimum Gasteiger partial charge on any atom is -0.393 e. The Balaban J connectivity index is 1.63. The standard InChI is InChI=1S/C15H15N3O7/c1-7(19)12-10-6-11(20)13(17(10)14(12)21)15(22)25-16-8-2-4-9(5-3-8)18(23)24/h2-5,7,10,12-13,16,19H,6H2,1H3/t7-,10-,12-,13+/m1/s1. The number of anilines is 1. The zero-order valence-electron chi connectivity index (χ0n) is 13.1. The number of Topliss-reactive ketones (excluding diaryl/α,β-unsaturated/α-hetero) is 1. The summed E-state index contributed by atoms with van der Waals surface area (Å²) in [5.41, 5.74) is 2.46. The van der Waals surface area contributed by atoms with Gasteiger partial charge in [0.2, 0.25) is 5.91 Å². The minimum absolute atomic E-state index is 0.00138. The fraction of sp³-hybridized carbons (Fsp3) is 0.400. The van der Waals surface area contributed by atoms with Crippen LogP contribution in [0.1, 0.15) is 13.3 Å². The van der Waals surface area contributed by atoms with Crippen LogP contribution in [0.4, 0.5) is 11.4 Å². The molecule has 2 aliphatic heterocycles. The Morgan fingerprint density at radius 3 is 2.60 bits per heavy atom. The van der Waals surface area contributed by atoms with Gasteiger partial charge in [-0.3, -0.25) is 19.7 Å². The highest BCUT2D eigenvalue weighted by molar-refractivity contribution is 6.11. The number of nitrogens with zero attached hydrogens (tertiary/aromatic N) is 2. The summed E-state index contributed by atoms with van der Waals surface area (Å²) in [7, 11) is 0. The molecule has 1 aromatic carbocycles. The molecule has 2 saturated heterocycles. The second-order valence-electron chi connectivity index (χ2n) is 5.98. The number of aliphatic hydroxyl groups excluding tert-OH is 1. The third kappa shape index (κ3) is 2.80. The number of hydrogen-bond acceptors (Lipinski definition) is 8. The Morgan fingerprint density at radius 2 is 2.04 bits per heavy atom. The molecule has 0 aliphatic carbocycles. The number of nitrogens with one attached hydrogen (secondary N) is 1. The number of rotatable bonds is 5. The highest BCUT2D eigenvalue weighted by atomic mass is 16.7. The molecular formula is C15H15N3O7. The number of β-lactam (4-membered cyclic amide) rings is 1. The lowest BCUT2D eigenvalue weighted by molar-refractivity contribution is -0.384. The summed E-state index contributed by atoms with van der Waals surface area (Å²) in [6.07, 6.45) is -0.895. The number of amides is 1. The first-order chi connectivity index (χ1) is 11.8. The molecule has 1 aromatic rings. The van der Waals surface area contributed by atoms with Crippen LogP contribution in [0.3, 0.4) is 0 Å². The van der Waals surface area contributed by atoms with Gasteiger partial charge in [0, 0.05) is 18.6 Å². The summed E-state index contributed by atoms with van der Waals surface area (Å²) in [4.78, 5) is 52.2. The van der Waals surface area contributed by atoms with Crippen molar-refractivity contribution in [2.75, 3.05) is 5.48 Å². The molecule has 25 heavy (non-hydrogen) atoms. The van der Waals surface area contributed by atoms with E-state index in [2.05, 4.69) is 5.48 Å². The summed E-state index contributed by atoms with van der Waals surface area (Å²) in [5.74, 6) is -2.52. The van der Waals surface area contributed by atoms with Crippen LogP contribution in [-0.2, 0) is 19.2 Å². The number of non-ortho nitro benzene ring substituents is 1. The van der Waals surface area contributed by atoms with Crippen molar-refractivity contribution in [1.29, 1.82) is 0 Å². The molecule has 0 saturated carbocycles. The first-order valence-electron chi connectivity index (χ1n) is 7.55. The van der Waals surface area contributed by atoms with Gasteiger partial charge in [-0.2, -0.15) is 0 Å². The van der Waals surface area contributed by atoms with Crippen molar-refractivity contribution in [1.82, 2.24) is 4.90 Å². The maximum atomic E-state index is 12.1. The molecule has 2 fully saturated rings. The maximum Gasteiger partial charge on any atom is 0.362 e. The Bertz CT molecular complexity index is 746. The molecule has 0 aromatic heterocycles. The summed E-state index contributed by atoms with van der Waals surface area (Å²) >= 11 is 0. The van der Waals surface area contributed by atoms with Crippen molar-refractivity contribution < 1.29 is 29.3 Å². The van der Waals surface area contributed by atoms with Crippen LogP contribution in [0, 0.1) is 16.0 Å². The Kier molecular flexibility index (Phi) is 4.13. The van der Waals surface area contributed by atoms with Gasteiger partial charge in [-0.1, -0.05) is 0 Å². The number of fused-ring (bicyclic) bond motifs is 1. The van der Waals surface area contributed by atoms with Crippen molar-refractivity contribution in [3.63, 3.8) is 0 Å². The summed E-state index contributed by atoms with van der Waals surface area (Å²) in [5, 5.41) is 20.2. The number of carbonyl (C=O) groups is 3. The number of ketones is 1. The lowest BCUT2D eigenvalue weighted by Gasteiger charge is -2.45. The molecule has 0 radical (unpaired) electrons. The van der Waals surface area contributed by atoms with E-state index in [0.717, 1.165) is 4.90 Å². The summed E-state index contributed by atoms with van der Waals surface area (Å²) < 4.78 is 0. The largest absolute Gasteiger partial charge is 0.393 e. The van der Waals surface area contributed by atoms with Crippen LogP contribution in [0.25, 0.3) is 0 Å². The molecule has 1 amide bonds. The Hall–Kier alpha value is -3.01. The third-order valence-electron chi connectivity index (χ3n) is 4.40. The molecule has 10 nitrogen and oxygen atoms in total. The van der Waals surface area contributed by atoms with Gasteiger partial charge in [-0.25, -0.2) is 10.3 Å². The van der Waals surface area contributed by atoms with E-state index in [1.807, 2.05) is 0 Å². The van der Waals surface area contributed by atoms with Crippen molar-refractivity contribution in [3.8, 4) is 0 Å². The molecule has 4 atom stereocenters. The van der Waals surface area contributed by atoms with Crippen molar-refractivity contribution in [3.05, 3.63) is 34.4 Å². The van der Waals surface area contributed by atoms with E-state index >= 15 is 0 Å². The number of benzene rings is 1. The molecule has 132 valence electrons. The van der Waals surface area contributed by atoms with E-state index in [1.165, 1.54) is 31.2 Å². The monoisotopic (exact) mass is 349 g/mol. The van der Waals surface area contributed by atoms with Gasteiger partial charge in [0.15, 0.2) is 11.8 Å². The molecule has 2 heterocycles. The Labute approximate surface area is 141 Å². The normalized spacial score (nSPS) is 25.8. The molecule has 3 rings (SSSR count). The molecule has 0 spiro atoms. The van der Waals surface area contributed by atoms with Crippen molar-refractivity contribution in [2.24, 2.45) is 5.92 Å². The summed E-state index contributed by atoms with van der Waals surface area (Å²) in [6, 6.07) is 3.29. The van der Waals surface area contributed by atoms with E-state index in [4.69, 9.17) is 4.84 Å².